The Bertz CT molecular complexity index is 886. The number of imidazole rings is 1. The van der Waals surface area contributed by atoms with Crippen LogP contribution < -0.4 is 11.3 Å². The van der Waals surface area contributed by atoms with Gasteiger partial charge in [-0.05, 0) is 18.2 Å². The SMILES string of the molecule is CC[C@H]1O[C@@H](n2cnc3c(=O)[nH]c(N)nc32)C(O)C1OP(O)(=S)OC. The summed E-state index contributed by atoms with van der Waals surface area (Å²) < 4.78 is 17.4. The van der Waals surface area contributed by atoms with Gasteiger partial charge in [-0.25, -0.2) is 4.98 Å². The average molecular weight is 391 g/mol. The number of aromatic amines is 1. The fraction of sp³-hybridized carbons (Fsp3) is 0.583. The molecule has 2 aromatic heterocycles. The third-order valence-electron chi connectivity index (χ3n) is 3.92. The molecule has 3 rings (SSSR count). The lowest BCUT2D eigenvalue weighted by Gasteiger charge is -2.23. The van der Waals surface area contributed by atoms with Crippen molar-refractivity contribution in [2.24, 2.45) is 0 Å². The standard InChI is InChI=1S/C12H18N5O6PS/c1-3-5-8(23-24(20,25)21-2)7(18)11(22-5)17-4-14-6-9(17)15-12(13)16-10(6)19/h4-5,7-8,11,18H,3H2,1-2H3,(H,20,25)(H3,13,15,16,19)/t5-,7?,8?,11-,24?/m1/s1. The van der Waals surface area contributed by atoms with Crippen LogP contribution in [0.5, 0.6) is 0 Å². The molecule has 3 heterocycles. The second-order valence-electron chi connectivity index (χ2n) is 5.46. The Morgan fingerprint density at radius 2 is 2.32 bits per heavy atom. The van der Waals surface area contributed by atoms with E-state index < -0.39 is 36.8 Å². The highest BCUT2D eigenvalue weighted by atomic mass is 32.5. The molecule has 1 aliphatic rings. The first kappa shape index (κ1) is 18.4. The summed E-state index contributed by atoms with van der Waals surface area (Å²) in [6, 6.07) is 0. The lowest BCUT2D eigenvalue weighted by atomic mass is 10.1. The van der Waals surface area contributed by atoms with Gasteiger partial charge in [-0.15, -0.1) is 0 Å². The van der Waals surface area contributed by atoms with Crippen LogP contribution in [0.2, 0.25) is 0 Å². The van der Waals surface area contributed by atoms with Crippen LogP contribution >= 0.6 is 6.72 Å². The Balaban J connectivity index is 1.99. The number of hydrogen-bond donors (Lipinski definition) is 4. The number of fused-ring (bicyclic) bond motifs is 1. The fourth-order valence-corrected chi connectivity index (χ4v) is 3.69. The highest BCUT2D eigenvalue weighted by molar-refractivity contribution is 8.07. The van der Waals surface area contributed by atoms with Gasteiger partial charge in [-0.2, -0.15) is 4.98 Å². The van der Waals surface area contributed by atoms with E-state index in [9.17, 15) is 14.8 Å². The highest BCUT2D eigenvalue weighted by Crippen LogP contribution is 2.48. The van der Waals surface area contributed by atoms with Crippen molar-refractivity contribution < 1.29 is 23.8 Å². The normalized spacial score (nSPS) is 29.1. The van der Waals surface area contributed by atoms with Crippen molar-refractivity contribution in [2.75, 3.05) is 12.8 Å². The number of ether oxygens (including phenoxy) is 1. The van der Waals surface area contributed by atoms with E-state index in [1.54, 1.807) is 0 Å². The molecule has 0 amide bonds. The van der Waals surface area contributed by atoms with Gasteiger partial charge in [-0.3, -0.25) is 18.9 Å². The molecule has 5 atom stereocenters. The summed E-state index contributed by atoms with van der Waals surface area (Å²) in [6.07, 6.45) is -1.81. The summed E-state index contributed by atoms with van der Waals surface area (Å²) in [5.41, 5.74) is 5.30. The summed E-state index contributed by atoms with van der Waals surface area (Å²) >= 11 is 4.85. The van der Waals surface area contributed by atoms with Gasteiger partial charge >= 0.3 is 6.72 Å². The van der Waals surface area contributed by atoms with Crippen LogP contribution in [0.15, 0.2) is 11.1 Å². The van der Waals surface area contributed by atoms with Gasteiger partial charge in [0.15, 0.2) is 17.4 Å². The summed E-state index contributed by atoms with van der Waals surface area (Å²) in [5, 5.41) is 10.6. The Morgan fingerprint density at radius 1 is 1.60 bits per heavy atom. The number of aromatic nitrogens is 4. The molecule has 0 radical (unpaired) electrons. The van der Waals surface area contributed by atoms with E-state index in [0.717, 1.165) is 0 Å². The molecule has 1 aliphatic heterocycles. The van der Waals surface area contributed by atoms with Crippen LogP contribution in [0, 0.1) is 0 Å². The zero-order chi connectivity index (χ0) is 18.4. The van der Waals surface area contributed by atoms with E-state index in [-0.39, 0.29) is 17.1 Å². The first-order valence-electron chi connectivity index (χ1n) is 7.40. The quantitative estimate of drug-likeness (QED) is 0.495. The van der Waals surface area contributed by atoms with Gasteiger partial charge < -0.3 is 25.0 Å². The van der Waals surface area contributed by atoms with E-state index in [2.05, 4.69) is 15.0 Å². The van der Waals surface area contributed by atoms with Crippen LogP contribution in [0.1, 0.15) is 19.6 Å². The van der Waals surface area contributed by atoms with Crippen LogP contribution in [-0.2, 0) is 25.6 Å². The summed E-state index contributed by atoms with van der Waals surface area (Å²) in [5.74, 6) is -0.0863. The van der Waals surface area contributed by atoms with Crippen molar-refractivity contribution in [1.29, 1.82) is 0 Å². The number of nitrogens with two attached hydrogens (primary N) is 1. The van der Waals surface area contributed by atoms with Gasteiger partial charge in [0.1, 0.15) is 12.2 Å². The van der Waals surface area contributed by atoms with Crippen LogP contribution in [-0.4, -0.2) is 54.9 Å². The largest absolute Gasteiger partial charge is 0.386 e. The molecular formula is C12H18N5O6PS. The predicted molar refractivity (Wildman–Crippen MR) is 91.2 cm³/mol. The smallest absolute Gasteiger partial charge is 0.324 e. The third kappa shape index (κ3) is 3.34. The van der Waals surface area contributed by atoms with Crippen molar-refractivity contribution in [3.63, 3.8) is 0 Å². The summed E-state index contributed by atoms with van der Waals surface area (Å²) in [6.45, 7) is -1.67. The fourth-order valence-electron chi connectivity index (χ4n) is 2.73. The maximum Gasteiger partial charge on any atom is 0.324 e. The number of nitrogens with zero attached hydrogens (tertiary/aromatic N) is 3. The maximum absolute atomic E-state index is 11.9. The van der Waals surface area contributed by atoms with Gasteiger partial charge in [0, 0.05) is 7.11 Å². The first-order valence-corrected chi connectivity index (χ1v) is 9.99. The molecule has 11 nitrogen and oxygen atoms in total. The Morgan fingerprint density at radius 3 is 2.96 bits per heavy atom. The van der Waals surface area contributed by atoms with Gasteiger partial charge in [0.05, 0.1) is 12.4 Å². The van der Waals surface area contributed by atoms with E-state index >= 15 is 0 Å². The molecule has 0 aromatic carbocycles. The van der Waals surface area contributed by atoms with Crippen molar-refractivity contribution in [2.45, 2.75) is 37.9 Å². The average Bonchev–Trinajstić information content (AvgIpc) is 3.09. The molecule has 0 aliphatic carbocycles. The second kappa shape index (κ2) is 6.72. The zero-order valence-corrected chi connectivity index (χ0v) is 15.1. The molecular weight excluding hydrogens is 373 g/mol. The minimum absolute atomic E-state index is 0.0617. The van der Waals surface area contributed by atoms with Gasteiger partial charge in [0.25, 0.3) is 5.56 Å². The van der Waals surface area contributed by atoms with E-state index in [1.807, 2.05) is 6.92 Å². The molecule has 13 heteroatoms. The topological polar surface area (TPSA) is 158 Å². The Kier molecular flexibility index (Phi) is 4.95. The van der Waals surface area contributed by atoms with Crippen LogP contribution in [0.3, 0.4) is 0 Å². The Labute approximate surface area is 147 Å². The second-order valence-corrected chi connectivity index (χ2v) is 8.36. The van der Waals surface area contributed by atoms with Crippen LogP contribution in [0.25, 0.3) is 11.2 Å². The lowest BCUT2D eigenvalue weighted by molar-refractivity contribution is -0.0355. The molecule has 0 bridgehead atoms. The summed E-state index contributed by atoms with van der Waals surface area (Å²) in [4.78, 5) is 32.2. The molecule has 5 N–H and O–H groups in total. The molecule has 138 valence electrons. The third-order valence-corrected chi connectivity index (χ3v) is 5.60. The van der Waals surface area contributed by atoms with Gasteiger partial charge in [0.2, 0.25) is 5.95 Å². The number of H-pyrrole nitrogens is 1. The van der Waals surface area contributed by atoms with Crippen LogP contribution in [0.4, 0.5) is 5.95 Å². The number of nitrogen functional groups attached to an aromatic ring is 1. The molecule has 2 aromatic rings. The minimum Gasteiger partial charge on any atom is -0.386 e. The maximum atomic E-state index is 11.9. The van der Waals surface area contributed by atoms with Crippen molar-refractivity contribution in [1.82, 2.24) is 19.5 Å². The number of aliphatic hydroxyl groups is 1. The molecule has 3 unspecified atom stereocenters. The molecule has 25 heavy (non-hydrogen) atoms. The first-order chi connectivity index (χ1) is 11.8. The zero-order valence-electron chi connectivity index (χ0n) is 13.4. The number of aliphatic hydroxyl groups excluding tert-OH is 1. The molecule has 1 saturated heterocycles. The summed E-state index contributed by atoms with van der Waals surface area (Å²) in [7, 11) is 1.23. The number of nitrogens with one attached hydrogen (secondary N) is 1. The van der Waals surface area contributed by atoms with Crippen molar-refractivity contribution in [3.8, 4) is 0 Å². The molecule has 0 spiro atoms. The minimum atomic E-state index is -3.50. The lowest BCUT2D eigenvalue weighted by Crippen LogP contribution is -2.33. The van der Waals surface area contributed by atoms with Crippen molar-refractivity contribution in [3.05, 3.63) is 16.7 Å². The number of rotatable bonds is 5. The number of hydrogen-bond acceptors (Lipinski definition) is 9. The van der Waals surface area contributed by atoms with E-state index in [4.69, 9.17) is 31.3 Å². The van der Waals surface area contributed by atoms with E-state index in [0.29, 0.717) is 6.42 Å². The molecule has 1 fully saturated rings. The predicted octanol–water partition coefficient (Wildman–Crippen LogP) is -0.381. The van der Waals surface area contributed by atoms with Gasteiger partial charge in [-0.1, -0.05) is 6.92 Å². The monoisotopic (exact) mass is 391 g/mol. The highest BCUT2D eigenvalue weighted by Gasteiger charge is 2.47. The van der Waals surface area contributed by atoms with E-state index in [1.165, 1.54) is 18.0 Å². The van der Waals surface area contributed by atoms with Crippen molar-refractivity contribution >= 4 is 35.6 Å². The Hall–Kier alpha value is -1.40. The molecule has 0 saturated carbocycles. The number of anilines is 1.